The Kier molecular flexibility index (Phi) is 7.44. The minimum atomic E-state index is -2.69. The van der Waals surface area contributed by atoms with Crippen molar-refractivity contribution in [2.24, 2.45) is 0 Å². The van der Waals surface area contributed by atoms with Gasteiger partial charge in [0, 0.05) is 6.42 Å². The quantitative estimate of drug-likeness (QED) is 0.486. The Balaban J connectivity index is 5.15. The van der Waals surface area contributed by atoms with E-state index in [-0.39, 0.29) is 6.42 Å². The third-order valence-corrected chi connectivity index (χ3v) is 16.0. The standard InChI is InChI=1S/C13H34F2O3Si4/c1-13(14,15)11-12-22(10,17-20(5,6)7)18-21(8,9)16-19(2,3)4/h11-12H2,1-10H3. The second kappa shape index (κ2) is 7.24. The zero-order chi connectivity index (χ0) is 18.0. The molecule has 134 valence electrons. The van der Waals surface area contributed by atoms with Crippen molar-refractivity contribution in [2.75, 3.05) is 0 Å². The first kappa shape index (κ1) is 22.6. The van der Waals surface area contributed by atoms with E-state index in [1.165, 1.54) is 0 Å². The van der Waals surface area contributed by atoms with Crippen LogP contribution in [0.15, 0.2) is 0 Å². The van der Waals surface area contributed by atoms with E-state index in [0.717, 1.165) is 6.92 Å². The van der Waals surface area contributed by atoms with Crippen LogP contribution in [0.1, 0.15) is 13.3 Å². The third-order valence-electron chi connectivity index (χ3n) is 2.55. The molecule has 1 atom stereocenters. The topological polar surface area (TPSA) is 27.7 Å². The molecule has 0 aliphatic carbocycles. The highest BCUT2D eigenvalue weighted by Gasteiger charge is 2.45. The van der Waals surface area contributed by atoms with Gasteiger partial charge in [0.15, 0.2) is 16.6 Å². The van der Waals surface area contributed by atoms with Gasteiger partial charge >= 0.3 is 17.1 Å². The predicted octanol–water partition coefficient (Wildman–Crippen LogP) is 5.53. The van der Waals surface area contributed by atoms with Gasteiger partial charge in [0.05, 0.1) is 0 Å². The maximum atomic E-state index is 13.3. The molecule has 0 aromatic carbocycles. The van der Waals surface area contributed by atoms with Crippen molar-refractivity contribution in [3.63, 3.8) is 0 Å². The second-order valence-electron chi connectivity index (χ2n) is 8.63. The summed E-state index contributed by atoms with van der Waals surface area (Å²) in [5.41, 5.74) is 0. The van der Waals surface area contributed by atoms with Crippen molar-refractivity contribution < 1.29 is 21.1 Å². The molecular weight excluding hydrogens is 354 g/mol. The first-order valence-electron chi connectivity index (χ1n) is 7.81. The first-order valence-corrected chi connectivity index (χ1v) is 20.0. The zero-order valence-corrected chi connectivity index (χ0v) is 19.9. The summed E-state index contributed by atoms with van der Waals surface area (Å²) in [6.45, 7) is 19.4. The van der Waals surface area contributed by atoms with Crippen molar-refractivity contribution in [3.8, 4) is 0 Å². The number of hydrogen-bond acceptors (Lipinski definition) is 3. The Labute approximate surface area is 139 Å². The van der Waals surface area contributed by atoms with E-state index < -0.39 is 39.7 Å². The highest BCUT2D eigenvalue weighted by atomic mass is 28.5. The van der Waals surface area contributed by atoms with Gasteiger partial charge in [-0.05, 0) is 71.9 Å². The van der Waals surface area contributed by atoms with E-state index in [9.17, 15) is 8.78 Å². The number of halogens is 2. The molecule has 0 aliphatic rings. The fraction of sp³-hybridized carbons (Fsp3) is 1.00. The highest BCUT2D eigenvalue weighted by Crippen LogP contribution is 2.31. The summed E-state index contributed by atoms with van der Waals surface area (Å²) in [6.07, 6.45) is -0.197. The van der Waals surface area contributed by atoms with E-state index in [2.05, 4.69) is 39.3 Å². The van der Waals surface area contributed by atoms with Gasteiger partial charge in [-0.3, -0.25) is 0 Å². The molecule has 0 heterocycles. The lowest BCUT2D eigenvalue weighted by Crippen LogP contribution is -2.57. The predicted molar refractivity (Wildman–Crippen MR) is 99.1 cm³/mol. The summed E-state index contributed by atoms with van der Waals surface area (Å²) >= 11 is 0. The fourth-order valence-electron chi connectivity index (χ4n) is 2.50. The molecule has 1 unspecified atom stereocenters. The van der Waals surface area contributed by atoms with Gasteiger partial charge < -0.3 is 12.3 Å². The summed E-state index contributed by atoms with van der Waals surface area (Å²) in [5.74, 6) is -2.69. The van der Waals surface area contributed by atoms with Crippen LogP contribution in [0.25, 0.3) is 0 Å². The van der Waals surface area contributed by atoms with Crippen LogP contribution in [0.2, 0.25) is 65.0 Å². The van der Waals surface area contributed by atoms with Gasteiger partial charge in [0.2, 0.25) is 5.92 Å². The Morgan fingerprint density at radius 1 is 0.727 bits per heavy atom. The molecule has 0 aromatic heterocycles. The van der Waals surface area contributed by atoms with Gasteiger partial charge in [0.1, 0.15) is 0 Å². The summed E-state index contributed by atoms with van der Waals surface area (Å²) in [5, 5.41) is 0. The van der Waals surface area contributed by atoms with Gasteiger partial charge in [-0.25, -0.2) is 8.78 Å². The SMILES string of the molecule is CC(F)(F)CC[Si](C)(O[Si](C)(C)C)O[Si](C)(C)O[Si](C)(C)C. The highest BCUT2D eigenvalue weighted by molar-refractivity contribution is 6.89. The van der Waals surface area contributed by atoms with Crippen molar-refractivity contribution in [1.29, 1.82) is 0 Å². The van der Waals surface area contributed by atoms with E-state index in [1.807, 2.05) is 19.6 Å². The molecule has 0 N–H and O–H groups in total. The van der Waals surface area contributed by atoms with Gasteiger partial charge in [0.25, 0.3) is 0 Å². The Morgan fingerprint density at radius 3 is 1.45 bits per heavy atom. The largest absolute Gasteiger partial charge is 0.437 e. The van der Waals surface area contributed by atoms with Crippen LogP contribution < -0.4 is 0 Å². The summed E-state index contributed by atoms with van der Waals surface area (Å²) < 4.78 is 45.4. The molecule has 0 saturated heterocycles. The average molecular weight is 389 g/mol. The summed E-state index contributed by atoms with van der Waals surface area (Å²) in [4.78, 5) is 0. The molecule has 0 spiro atoms. The van der Waals surface area contributed by atoms with Crippen molar-refractivity contribution >= 4 is 33.8 Å². The smallest absolute Gasteiger partial charge is 0.316 e. The number of alkyl halides is 2. The number of rotatable bonds is 9. The van der Waals surface area contributed by atoms with Crippen LogP contribution in [0.4, 0.5) is 8.78 Å². The summed E-state index contributed by atoms with van der Waals surface area (Å²) in [6, 6.07) is 0.298. The van der Waals surface area contributed by atoms with Crippen LogP contribution in [-0.4, -0.2) is 39.7 Å². The lowest BCUT2D eigenvalue weighted by molar-refractivity contribution is 0.0161. The molecule has 0 bridgehead atoms. The molecule has 0 radical (unpaired) electrons. The van der Waals surface area contributed by atoms with Crippen LogP contribution >= 0.6 is 0 Å². The minimum absolute atomic E-state index is 0.197. The molecule has 9 heteroatoms. The maximum Gasteiger partial charge on any atom is 0.316 e. The van der Waals surface area contributed by atoms with E-state index in [1.54, 1.807) is 0 Å². The molecule has 22 heavy (non-hydrogen) atoms. The summed E-state index contributed by atoms with van der Waals surface area (Å²) in [7, 11) is -8.71. The zero-order valence-electron chi connectivity index (χ0n) is 15.9. The Bertz CT molecular complexity index is 362. The van der Waals surface area contributed by atoms with Gasteiger partial charge in [-0.1, -0.05) is 0 Å². The lowest BCUT2D eigenvalue weighted by atomic mass is 10.3. The Hall–Kier alpha value is 0.608. The second-order valence-corrected chi connectivity index (χ2v) is 25.1. The van der Waals surface area contributed by atoms with Gasteiger partial charge in [-0.15, -0.1) is 0 Å². The molecule has 0 saturated carbocycles. The van der Waals surface area contributed by atoms with Crippen LogP contribution in [0.3, 0.4) is 0 Å². The fourth-order valence-corrected chi connectivity index (χ4v) is 20.5. The minimum Gasteiger partial charge on any atom is -0.437 e. The van der Waals surface area contributed by atoms with E-state index >= 15 is 0 Å². The Morgan fingerprint density at radius 2 is 1.14 bits per heavy atom. The molecule has 0 rings (SSSR count). The van der Waals surface area contributed by atoms with Crippen molar-refractivity contribution in [1.82, 2.24) is 0 Å². The van der Waals surface area contributed by atoms with Crippen LogP contribution in [0, 0.1) is 0 Å². The monoisotopic (exact) mass is 388 g/mol. The molecule has 0 aliphatic heterocycles. The lowest BCUT2D eigenvalue weighted by Gasteiger charge is -2.41. The first-order chi connectivity index (χ1) is 9.33. The van der Waals surface area contributed by atoms with Gasteiger partial charge in [-0.2, -0.15) is 0 Å². The molecule has 0 fully saturated rings. The third kappa shape index (κ3) is 12.1. The molecular formula is C13H34F2O3Si4. The van der Waals surface area contributed by atoms with Crippen molar-refractivity contribution in [3.05, 3.63) is 0 Å². The molecule has 0 amide bonds. The van der Waals surface area contributed by atoms with E-state index in [0.29, 0.717) is 6.04 Å². The van der Waals surface area contributed by atoms with Crippen LogP contribution in [0.5, 0.6) is 0 Å². The van der Waals surface area contributed by atoms with Crippen molar-refractivity contribution in [2.45, 2.75) is 84.2 Å². The normalized spacial score (nSPS) is 17.5. The molecule has 3 nitrogen and oxygen atoms in total. The van der Waals surface area contributed by atoms with Crippen LogP contribution in [-0.2, 0) is 12.3 Å². The number of hydrogen-bond donors (Lipinski definition) is 0. The van der Waals surface area contributed by atoms with E-state index in [4.69, 9.17) is 12.3 Å². The molecule has 0 aromatic rings. The average Bonchev–Trinajstić information content (AvgIpc) is 2.04. The maximum absolute atomic E-state index is 13.3.